The summed E-state index contributed by atoms with van der Waals surface area (Å²) in [7, 11) is 1.50. The van der Waals surface area contributed by atoms with E-state index in [2.05, 4.69) is 5.32 Å². The van der Waals surface area contributed by atoms with Crippen molar-refractivity contribution in [1.29, 1.82) is 0 Å². The number of morpholine rings is 1. The van der Waals surface area contributed by atoms with Gasteiger partial charge in [0.1, 0.15) is 29.0 Å². The number of methoxy groups -OCH3 is 1. The maximum absolute atomic E-state index is 15.0. The quantitative estimate of drug-likeness (QED) is 0.345. The molecule has 0 saturated carbocycles. The third kappa shape index (κ3) is 8.54. The average molecular weight is 849 g/mol. The van der Waals surface area contributed by atoms with E-state index in [1.165, 1.54) is 34.1 Å². The van der Waals surface area contributed by atoms with E-state index in [0.29, 0.717) is 0 Å². The zero-order chi connectivity index (χ0) is 45.0. The maximum atomic E-state index is 15.0. The normalized spacial score (nSPS) is 36.3. The van der Waals surface area contributed by atoms with E-state index in [1.54, 1.807) is 30.1 Å². The number of hydrogen-bond acceptors (Lipinski definition) is 14. The second-order valence-corrected chi connectivity index (χ2v) is 17.8. The SMILES string of the molecule is CO[C@H]1/C=C/O[C@@]2(C)Oc3c(C)c(O)c4c(c3C2=O)C(=O)C(N2C[C@H](C)O[C@@H](C)C2)=C(NC(=O)/C(C)=C\C=C\[C@H](C)[C@@H]2OC(C)(C)O[C@H]([C@H](C)[C@H](OC(C)=O)[C@@H]1C)[C@@H]2C)C4=O. The Bertz CT molecular complexity index is 2110. The van der Waals surface area contributed by atoms with Crippen LogP contribution in [-0.4, -0.2) is 108 Å². The van der Waals surface area contributed by atoms with Gasteiger partial charge in [0.25, 0.3) is 11.7 Å². The highest BCUT2D eigenvalue weighted by Gasteiger charge is 2.54. The molecule has 7 rings (SSSR count). The van der Waals surface area contributed by atoms with Crippen LogP contribution < -0.4 is 10.1 Å². The number of carbonyl (C=O) groups excluding carboxylic acids is 5. The van der Waals surface area contributed by atoms with Crippen molar-refractivity contribution in [2.24, 2.45) is 23.7 Å². The molecule has 1 aromatic rings. The molecule has 0 aromatic heterocycles. The van der Waals surface area contributed by atoms with Crippen molar-refractivity contribution in [2.75, 3.05) is 20.2 Å². The summed E-state index contributed by atoms with van der Waals surface area (Å²) in [5.74, 6) is -8.50. The topological polar surface area (TPSA) is 185 Å². The van der Waals surface area contributed by atoms with Gasteiger partial charge in [0, 0.05) is 68.9 Å². The van der Waals surface area contributed by atoms with Gasteiger partial charge < -0.3 is 48.5 Å². The zero-order valence-corrected chi connectivity index (χ0v) is 37.4. The highest BCUT2D eigenvalue weighted by atomic mass is 16.7. The van der Waals surface area contributed by atoms with Crippen LogP contribution in [0.1, 0.15) is 113 Å². The lowest BCUT2D eigenvalue weighted by molar-refractivity contribution is -0.336. The molecule has 1 amide bonds. The molecular weight excluding hydrogens is 789 g/mol. The van der Waals surface area contributed by atoms with Crippen LogP contribution >= 0.6 is 0 Å². The Kier molecular flexibility index (Phi) is 12.8. The van der Waals surface area contributed by atoms with Gasteiger partial charge in [-0.05, 0) is 47.6 Å². The van der Waals surface area contributed by atoms with E-state index in [0.717, 1.165) is 0 Å². The lowest BCUT2D eigenvalue weighted by Crippen LogP contribution is -2.56. The van der Waals surface area contributed by atoms with Crippen molar-refractivity contribution in [3.63, 3.8) is 0 Å². The number of phenols is 1. The first-order valence-electron chi connectivity index (χ1n) is 21.0. The highest BCUT2D eigenvalue weighted by molar-refractivity contribution is 6.32. The molecule has 5 aliphatic heterocycles. The Morgan fingerprint density at radius 3 is 2.13 bits per heavy atom. The van der Waals surface area contributed by atoms with Gasteiger partial charge in [-0.3, -0.25) is 24.0 Å². The number of fused-ring (bicyclic) bond motifs is 10. The molecule has 2 saturated heterocycles. The largest absolute Gasteiger partial charge is 0.507 e. The van der Waals surface area contributed by atoms with Crippen molar-refractivity contribution in [1.82, 2.24) is 10.2 Å². The van der Waals surface area contributed by atoms with Crippen molar-refractivity contribution in [2.45, 2.75) is 131 Å². The van der Waals surface area contributed by atoms with Gasteiger partial charge in [-0.25, -0.2) is 0 Å². The zero-order valence-electron chi connectivity index (χ0n) is 37.4. The van der Waals surface area contributed by atoms with Gasteiger partial charge in [-0.15, -0.1) is 0 Å². The summed E-state index contributed by atoms with van der Waals surface area (Å²) in [5, 5.41) is 14.3. The summed E-state index contributed by atoms with van der Waals surface area (Å²) >= 11 is 0. The van der Waals surface area contributed by atoms with Crippen LogP contribution in [0.2, 0.25) is 0 Å². The summed E-state index contributed by atoms with van der Waals surface area (Å²) in [4.78, 5) is 72.5. The lowest BCUT2D eigenvalue weighted by atomic mass is 9.77. The number of ether oxygens (including phenoxy) is 7. The fourth-order valence-electron chi connectivity index (χ4n) is 9.42. The summed E-state index contributed by atoms with van der Waals surface area (Å²) in [5.41, 5.74) is -1.23. The molecule has 0 spiro atoms. The smallest absolute Gasteiger partial charge is 0.312 e. The van der Waals surface area contributed by atoms with Gasteiger partial charge >= 0.3 is 11.8 Å². The molecule has 1 aliphatic carbocycles. The third-order valence-corrected chi connectivity index (χ3v) is 12.4. The van der Waals surface area contributed by atoms with E-state index < -0.39 is 76.3 Å². The number of benzene rings is 1. The molecule has 7 bridgehead atoms. The van der Waals surface area contributed by atoms with Crippen LogP contribution in [0.4, 0.5) is 0 Å². The fourth-order valence-corrected chi connectivity index (χ4v) is 9.42. The molecule has 2 fully saturated rings. The molecule has 0 unspecified atom stereocenters. The van der Waals surface area contributed by atoms with Crippen LogP contribution in [0.3, 0.4) is 0 Å². The van der Waals surface area contributed by atoms with Gasteiger partial charge in [0.05, 0.1) is 53.5 Å². The molecule has 15 nitrogen and oxygen atoms in total. The predicted octanol–water partition coefficient (Wildman–Crippen LogP) is 5.87. The standard InChI is InChI=1S/C46H60N2O13/c1-21-15-14-16-22(2)44(54)47-34-35(48-19-23(3)57-24(4)20-48)38(52)31-32(37(34)51)36(50)26(6)42-33(31)43(53)46(12,61-42)56-18-17-30(55-13)25(5)40(58-29(9)49)28(8)41-27(7)39(21)59-45(10,11)60-41/h14-18,21,23-25,27-28,30,39-41,50H,19-20H2,1-13H3,(H,47,54)/b15-14+,18-17+,22-16-/t21-,23-,24-,25+,27+,28+,30-,39-,40+,41-,46-/m0/s1. The van der Waals surface area contributed by atoms with Crippen molar-refractivity contribution < 1.29 is 62.2 Å². The van der Waals surface area contributed by atoms with Crippen molar-refractivity contribution in [3.8, 4) is 11.5 Å². The highest BCUT2D eigenvalue weighted by Crippen LogP contribution is 2.49. The number of rotatable bonds is 3. The number of nitrogens with zero attached hydrogens (tertiary/aromatic N) is 1. The minimum absolute atomic E-state index is 0.0265. The van der Waals surface area contributed by atoms with Crippen molar-refractivity contribution in [3.05, 3.63) is 69.8 Å². The maximum Gasteiger partial charge on any atom is 0.312 e. The first-order valence-corrected chi connectivity index (χ1v) is 21.0. The molecule has 5 heterocycles. The Hall–Kier alpha value is -4.83. The molecule has 61 heavy (non-hydrogen) atoms. The predicted molar refractivity (Wildman–Crippen MR) is 222 cm³/mol. The minimum atomic E-state index is -2.05. The molecule has 15 heteroatoms. The number of amides is 1. The van der Waals surface area contributed by atoms with Gasteiger partial charge in [0.15, 0.2) is 5.79 Å². The number of esters is 1. The third-order valence-electron chi connectivity index (χ3n) is 12.4. The van der Waals surface area contributed by atoms with Gasteiger partial charge in [0.2, 0.25) is 11.6 Å². The molecule has 332 valence electrons. The number of hydrogen-bond donors (Lipinski definition) is 2. The summed E-state index contributed by atoms with van der Waals surface area (Å²) in [6.45, 7) is 21.3. The van der Waals surface area contributed by atoms with E-state index in [4.69, 9.17) is 33.2 Å². The number of aromatic hydroxyl groups is 1. The molecular formula is C46H60N2O13. The van der Waals surface area contributed by atoms with Crippen LogP contribution in [-0.2, 0) is 38.0 Å². The Morgan fingerprint density at radius 2 is 1.51 bits per heavy atom. The first-order chi connectivity index (χ1) is 28.5. The first kappa shape index (κ1) is 45.7. The molecule has 0 radical (unpaired) electrons. The number of Topliss-reactive ketones (excluding diaryl/α,β-unsaturated/α-hetero) is 3. The Balaban J connectivity index is 1.52. The van der Waals surface area contributed by atoms with E-state index >= 15 is 0 Å². The lowest BCUT2D eigenvalue weighted by Gasteiger charge is -2.50. The van der Waals surface area contributed by atoms with Crippen LogP contribution in [0.15, 0.2) is 47.5 Å². The molecule has 6 aliphatic rings. The Labute approximate surface area is 357 Å². The van der Waals surface area contributed by atoms with Crippen LogP contribution in [0.5, 0.6) is 11.5 Å². The van der Waals surface area contributed by atoms with E-state index in [-0.39, 0.29) is 88.6 Å². The van der Waals surface area contributed by atoms with E-state index in [1.807, 2.05) is 61.5 Å². The molecule has 1 aromatic carbocycles. The number of phenolic OH excluding ortho intramolecular Hbond substituents is 1. The summed E-state index contributed by atoms with van der Waals surface area (Å²) in [6, 6.07) is 0. The second-order valence-electron chi connectivity index (χ2n) is 17.8. The molecule has 2 N–H and O–H groups in total. The summed E-state index contributed by atoms with van der Waals surface area (Å²) in [6.07, 6.45) is 5.14. The summed E-state index contributed by atoms with van der Waals surface area (Å²) < 4.78 is 43.1. The number of ketones is 3. The fraction of sp³-hybridized carbons (Fsp3) is 0.587. The monoisotopic (exact) mass is 848 g/mol. The Morgan fingerprint density at radius 1 is 0.869 bits per heavy atom. The second kappa shape index (κ2) is 17.1. The van der Waals surface area contributed by atoms with Crippen LogP contribution in [0, 0.1) is 30.6 Å². The minimum Gasteiger partial charge on any atom is -0.507 e. The van der Waals surface area contributed by atoms with Crippen molar-refractivity contribution >= 4 is 29.2 Å². The molecule has 11 atom stereocenters. The van der Waals surface area contributed by atoms with E-state index in [9.17, 15) is 29.1 Å². The van der Waals surface area contributed by atoms with Crippen LogP contribution in [0.25, 0.3) is 0 Å². The average Bonchev–Trinajstić information content (AvgIpc) is 3.44. The number of allylic oxidation sites excluding steroid dienone is 4. The number of nitrogens with one attached hydrogen (secondary N) is 1. The van der Waals surface area contributed by atoms with Gasteiger partial charge in [-0.2, -0.15) is 0 Å². The number of carbonyl (C=O) groups is 5. The van der Waals surface area contributed by atoms with Gasteiger partial charge in [-0.1, -0.05) is 45.9 Å².